The van der Waals surface area contributed by atoms with Gasteiger partial charge in [0.25, 0.3) is 0 Å². The molecule has 6 heteroatoms. The number of carbonyl (C=O) groups is 2. The van der Waals surface area contributed by atoms with Gasteiger partial charge in [0, 0.05) is 25.9 Å². The molecule has 2 aliphatic rings. The van der Waals surface area contributed by atoms with E-state index in [9.17, 15) is 9.59 Å². The zero-order valence-corrected chi connectivity index (χ0v) is 9.03. The van der Waals surface area contributed by atoms with Crippen LogP contribution in [-0.2, 0) is 19.1 Å². The van der Waals surface area contributed by atoms with Gasteiger partial charge in [0.2, 0.25) is 11.8 Å². The van der Waals surface area contributed by atoms with Crippen LogP contribution in [0.15, 0.2) is 0 Å². The van der Waals surface area contributed by atoms with Gasteiger partial charge in [-0.1, -0.05) is 0 Å². The SMILES string of the molecule is O=C(CCC(=O)NCC1CO1)NCC1CO1. The molecule has 2 rings (SSSR count). The van der Waals surface area contributed by atoms with E-state index in [1.165, 1.54) is 0 Å². The molecule has 2 N–H and O–H groups in total. The van der Waals surface area contributed by atoms with Crippen LogP contribution >= 0.6 is 0 Å². The van der Waals surface area contributed by atoms with Crippen LogP contribution in [-0.4, -0.2) is 50.3 Å². The van der Waals surface area contributed by atoms with Crippen molar-refractivity contribution in [2.45, 2.75) is 25.0 Å². The molecule has 0 saturated carbocycles. The highest BCUT2D eigenvalue weighted by Gasteiger charge is 2.23. The first-order valence-corrected chi connectivity index (χ1v) is 5.50. The molecule has 0 bridgehead atoms. The standard InChI is InChI=1S/C10H16N2O4/c13-9(11-3-7-5-15-7)1-2-10(14)12-4-8-6-16-8/h7-8H,1-6H2,(H,11,13)(H,12,14). The molecule has 2 fully saturated rings. The molecular weight excluding hydrogens is 212 g/mol. The summed E-state index contributed by atoms with van der Waals surface area (Å²) >= 11 is 0. The number of nitrogens with one attached hydrogen (secondary N) is 2. The van der Waals surface area contributed by atoms with Gasteiger partial charge in [0.05, 0.1) is 25.4 Å². The minimum atomic E-state index is -0.103. The summed E-state index contributed by atoms with van der Waals surface area (Å²) in [6.45, 7) is 2.55. The van der Waals surface area contributed by atoms with Crippen molar-refractivity contribution in [2.24, 2.45) is 0 Å². The van der Waals surface area contributed by atoms with Crippen LogP contribution < -0.4 is 10.6 Å². The van der Waals surface area contributed by atoms with Gasteiger partial charge >= 0.3 is 0 Å². The Balaban J connectivity index is 1.47. The second-order valence-corrected chi connectivity index (χ2v) is 4.02. The number of epoxide rings is 2. The quantitative estimate of drug-likeness (QED) is 0.536. The minimum Gasteiger partial charge on any atom is -0.371 e. The molecule has 2 aliphatic heterocycles. The molecule has 2 saturated heterocycles. The van der Waals surface area contributed by atoms with Crippen molar-refractivity contribution in [1.29, 1.82) is 0 Å². The zero-order valence-electron chi connectivity index (χ0n) is 9.03. The Morgan fingerprint density at radius 2 is 1.31 bits per heavy atom. The van der Waals surface area contributed by atoms with E-state index in [4.69, 9.17) is 9.47 Å². The molecule has 6 nitrogen and oxygen atoms in total. The fourth-order valence-corrected chi connectivity index (χ4v) is 1.23. The maximum Gasteiger partial charge on any atom is 0.220 e. The Morgan fingerprint density at radius 3 is 1.62 bits per heavy atom. The smallest absolute Gasteiger partial charge is 0.220 e. The second kappa shape index (κ2) is 5.27. The number of rotatable bonds is 7. The number of carbonyl (C=O) groups excluding carboxylic acids is 2. The molecule has 0 aromatic rings. The van der Waals surface area contributed by atoms with Crippen LogP contribution in [0.3, 0.4) is 0 Å². The number of hydrogen-bond acceptors (Lipinski definition) is 4. The van der Waals surface area contributed by atoms with Crippen molar-refractivity contribution in [3.63, 3.8) is 0 Å². The summed E-state index contributed by atoms with van der Waals surface area (Å²) in [7, 11) is 0. The third kappa shape index (κ3) is 4.59. The largest absolute Gasteiger partial charge is 0.371 e. The number of amides is 2. The van der Waals surface area contributed by atoms with Crippen LogP contribution in [0.4, 0.5) is 0 Å². The minimum absolute atomic E-state index is 0.103. The van der Waals surface area contributed by atoms with Crippen LogP contribution in [0.1, 0.15) is 12.8 Å². The van der Waals surface area contributed by atoms with Crippen LogP contribution in [0.25, 0.3) is 0 Å². The lowest BCUT2D eigenvalue weighted by Crippen LogP contribution is -2.31. The molecule has 0 aromatic carbocycles. The van der Waals surface area contributed by atoms with E-state index in [1.54, 1.807) is 0 Å². The predicted molar refractivity (Wildman–Crippen MR) is 54.7 cm³/mol. The summed E-state index contributed by atoms with van der Waals surface area (Å²) in [6.07, 6.45) is 0.823. The van der Waals surface area contributed by atoms with Crippen LogP contribution in [0, 0.1) is 0 Å². The predicted octanol–water partition coefficient (Wildman–Crippen LogP) is -1.20. The summed E-state index contributed by atoms with van der Waals surface area (Å²) < 4.78 is 9.90. The molecular formula is C10H16N2O4. The van der Waals surface area contributed by atoms with E-state index in [-0.39, 0.29) is 36.9 Å². The highest BCUT2D eigenvalue weighted by atomic mass is 16.6. The van der Waals surface area contributed by atoms with Crippen molar-refractivity contribution >= 4 is 11.8 Å². The van der Waals surface area contributed by atoms with Crippen molar-refractivity contribution in [3.8, 4) is 0 Å². The normalized spacial score (nSPS) is 26.0. The summed E-state index contributed by atoms with van der Waals surface area (Å²) in [5.74, 6) is -0.207. The lowest BCUT2D eigenvalue weighted by atomic mass is 10.2. The van der Waals surface area contributed by atoms with Gasteiger partial charge in [0.1, 0.15) is 0 Å². The van der Waals surface area contributed by atoms with E-state index in [1.807, 2.05) is 0 Å². The van der Waals surface area contributed by atoms with E-state index >= 15 is 0 Å². The molecule has 0 aliphatic carbocycles. The Morgan fingerprint density at radius 1 is 0.938 bits per heavy atom. The molecule has 0 radical (unpaired) electrons. The molecule has 2 atom stereocenters. The van der Waals surface area contributed by atoms with Crippen LogP contribution in [0.5, 0.6) is 0 Å². The maximum absolute atomic E-state index is 11.3. The molecule has 90 valence electrons. The summed E-state index contributed by atoms with van der Waals surface area (Å²) in [6, 6.07) is 0. The molecule has 0 aromatic heterocycles. The molecule has 2 amide bonds. The summed E-state index contributed by atoms with van der Waals surface area (Å²) in [4.78, 5) is 22.5. The van der Waals surface area contributed by atoms with Crippen molar-refractivity contribution in [1.82, 2.24) is 10.6 Å². The van der Waals surface area contributed by atoms with Gasteiger partial charge in [-0.3, -0.25) is 9.59 Å². The van der Waals surface area contributed by atoms with E-state index in [0.717, 1.165) is 13.2 Å². The first-order valence-electron chi connectivity index (χ1n) is 5.50. The van der Waals surface area contributed by atoms with E-state index in [2.05, 4.69) is 10.6 Å². The van der Waals surface area contributed by atoms with Crippen molar-refractivity contribution in [2.75, 3.05) is 26.3 Å². The maximum atomic E-state index is 11.3. The first-order chi connectivity index (χ1) is 7.74. The fourth-order valence-electron chi connectivity index (χ4n) is 1.23. The topological polar surface area (TPSA) is 83.3 Å². The number of hydrogen-bond donors (Lipinski definition) is 2. The van der Waals surface area contributed by atoms with Crippen molar-refractivity contribution < 1.29 is 19.1 Å². The fraction of sp³-hybridized carbons (Fsp3) is 0.800. The lowest BCUT2D eigenvalue weighted by molar-refractivity contribution is -0.126. The van der Waals surface area contributed by atoms with Crippen LogP contribution in [0.2, 0.25) is 0 Å². The zero-order chi connectivity index (χ0) is 11.4. The number of ether oxygens (including phenoxy) is 2. The van der Waals surface area contributed by atoms with Gasteiger partial charge in [-0.15, -0.1) is 0 Å². The highest BCUT2D eigenvalue weighted by Crippen LogP contribution is 2.07. The van der Waals surface area contributed by atoms with Crippen molar-refractivity contribution in [3.05, 3.63) is 0 Å². The highest BCUT2D eigenvalue weighted by molar-refractivity contribution is 5.83. The Bertz CT molecular complexity index is 246. The molecule has 2 unspecified atom stereocenters. The Hall–Kier alpha value is -1.14. The molecule has 0 spiro atoms. The third-order valence-corrected chi connectivity index (χ3v) is 2.44. The van der Waals surface area contributed by atoms with E-state index in [0.29, 0.717) is 13.1 Å². The lowest BCUT2D eigenvalue weighted by Gasteiger charge is -2.04. The van der Waals surface area contributed by atoms with Gasteiger partial charge in [-0.25, -0.2) is 0 Å². The van der Waals surface area contributed by atoms with Gasteiger partial charge in [-0.05, 0) is 0 Å². The first kappa shape index (κ1) is 11.3. The third-order valence-electron chi connectivity index (χ3n) is 2.44. The molecule has 16 heavy (non-hydrogen) atoms. The summed E-state index contributed by atoms with van der Waals surface area (Å²) in [5.41, 5.74) is 0. The second-order valence-electron chi connectivity index (χ2n) is 4.02. The average Bonchev–Trinajstić information content (AvgIpc) is 3.15. The Labute approximate surface area is 93.7 Å². The van der Waals surface area contributed by atoms with Gasteiger partial charge in [0.15, 0.2) is 0 Å². The van der Waals surface area contributed by atoms with Gasteiger partial charge < -0.3 is 20.1 Å². The van der Waals surface area contributed by atoms with Gasteiger partial charge in [-0.2, -0.15) is 0 Å². The monoisotopic (exact) mass is 228 g/mol. The van der Waals surface area contributed by atoms with E-state index < -0.39 is 0 Å². The Kier molecular flexibility index (Phi) is 3.74. The molecule has 2 heterocycles. The summed E-state index contributed by atoms with van der Waals surface area (Å²) in [5, 5.41) is 5.42. The average molecular weight is 228 g/mol.